The lowest BCUT2D eigenvalue weighted by Gasteiger charge is -2.15. The second-order valence-electron chi connectivity index (χ2n) is 7.64. The highest BCUT2D eigenvalue weighted by atomic mass is 19.4. The minimum absolute atomic E-state index is 0.278. The van der Waals surface area contributed by atoms with E-state index in [0.717, 1.165) is 34.2 Å². The van der Waals surface area contributed by atoms with Gasteiger partial charge in [-0.05, 0) is 67.6 Å². The molecule has 0 aliphatic rings. The maximum atomic E-state index is 13.3. The van der Waals surface area contributed by atoms with Crippen LogP contribution in [0.2, 0.25) is 0 Å². The van der Waals surface area contributed by atoms with Gasteiger partial charge < -0.3 is 5.32 Å². The standard InChI is InChI=1S/C25H22F3N5/c1-4-19-7-9-21(13-22(19)25(26,27)28)30-15-18-12-20(16(2)29-14-18)8-10-23-17(3)32-24-6-5-11-31-33(23)24/h5-7,9,11-14,30H,4,15H2,1-3H3. The summed E-state index contributed by atoms with van der Waals surface area (Å²) in [5.41, 5.74) is 4.57. The van der Waals surface area contributed by atoms with Crippen molar-refractivity contribution >= 4 is 11.3 Å². The van der Waals surface area contributed by atoms with Gasteiger partial charge in [0, 0.05) is 30.2 Å². The number of nitrogens with one attached hydrogen (secondary N) is 1. The maximum absolute atomic E-state index is 13.3. The van der Waals surface area contributed by atoms with Crippen molar-refractivity contribution < 1.29 is 13.2 Å². The van der Waals surface area contributed by atoms with Gasteiger partial charge in [0.05, 0.1) is 17.0 Å². The van der Waals surface area contributed by atoms with Gasteiger partial charge >= 0.3 is 6.18 Å². The SMILES string of the molecule is CCc1ccc(NCc2cnc(C)c(C#Cc3c(C)nc4cccnn34)c2)cc1C(F)(F)F. The van der Waals surface area contributed by atoms with Gasteiger partial charge in [0.25, 0.3) is 0 Å². The summed E-state index contributed by atoms with van der Waals surface area (Å²) in [5.74, 6) is 6.27. The molecule has 1 N–H and O–H groups in total. The molecule has 0 atom stereocenters. The van der Waals surface area contributed by atoms with Crippen LogP contribution in [0.1, 0.15) is 46.3 Å². The smallest absolute Gasteiger partial charge is 0.381 e. The van der Waals surface area contributed by atoms with Crippen LogP contribution in [0.15, 0.2) is 48.8 Å². The molecule has 0 aliphatic heterocycles. The van der Waals surface area contributed by atoms with Crippen LogP contribution in [-0.4, -0.2) is 19.6 Å². The molecule has 0 unspecified atom stereocenters. The van der Waals surface area contributed by atoms with Gasteiger partial charge in [0.2, 0.25) is 0 Å². The number of imidazole rings is 1. The second kappa shape index (κ2) is 8.94. The Hall–Kier alpha value is -3.86. The van der Waals surface area contributed by atoms with Gasteiger partial charge in [-0.25, -0.2) is 9.50 Å². The number of nitrogens with zero attached hydrogens (tertiary/aromatic N) is 4. The number of hydrogen-bond donors (Lipinski definition) is 1. The van der Waals surface area contributed by atoms with Gasteiger partial charge in [-0.3, -0.25) is 4.98 Å². The summed E-state index contributed by atoms with van der Waals surface area (Å²) in [6, 6.07) is 9.90. The minimum Gasteiger partial charge on any atom is -0.381 e. The van der Waals surface area contributed by atoms with Crippen molar-refractivity contribution in [3.63, 3.8) is 0 Å². The molecule has 0 saturated carbocycles. The lowest BCUT2D eigenvalue weighted by atomic mass is 10.0. The van der Waals surface area contributed by atoms with Crippen molar-refractivity contribution in [2.75, 3.05) is 5.32 Å². The molecule has 5 nitrogen and oxygen atoms in total. The van der Waals surface area contributed by atoms with Crippen LogP contribution < -0.4 is 5.32 Å². The number of rotatable bonds is 4. The monoisotopic (exact) mass is 449 g/mol. The number of benzene rings is 1. The predicted octanol–water partition coefficient (Wildman–Crippen LogP) is 5.33. The molecule has 0 bridgehead atoms. The molecule has 168 valence electrons. The second-order valence-corrected chi connectivity index (χ2v) is 7.64. The van der Waals surface area contributed by atoms with Crippen LogP contribution in [0, 0.1) is 25.7 Å². The average molecular weight is 449 g/mol. The van der Waals surface area contributed by atoms with Crippen LogP contribution >= 0.6 is 0 Å². The average Bonchev–Trinajstić information content (AvgIpc) is 3.11. The summed E-state index contributed by atoms with van der Waals surface area (Å²) >= 11 is 0. The number of aromatic nitrogens is 4. The van der Waals surface area contributed by atoms with E-state index in [-0.39, 0.29) is 5.56 Å². The van der Waals surface area contributed by atoms with E-state index in [1.807, 2.05) is 32.0 Å². The molecule has 0 saturated heterocycles. The molecule has 33 heavy (non-hydrogen) atoms. The molecular formula is C25H22F3N5. The molecular weight excluding hydrogens is 427 g/mol. The van der Waals surface area contributed by atoms with E-state index in [1.54, 1.807) is 29.9 Å². The Bertz CT molecular complexity index is 1380. The van der Waals surface area contributed by atoms with Gasteiger partial charge in [0.15, 0.2) is 5.65 Å². The molecule has 3 aromatic heterocycles. The van der Waals surface area contributed by atoms with E-state index in [0.29, 0.717) is 24.3 Å². The lowest BCUT2D eigenvalue weighted by molar-refractivity contribution is -0.138. The maximum Gasteiger partial charge on any atom is 0.416 e. The fourth-order valence-corrected chi connectivity index (χ4v) is 3.53. The Labute approximate surface area is 189 Å². The fourth-order valence-electron chi connectivity index (χ4n) is 3.53. The Balaban J connectivity index is 1.57. The first-order chi connectivity index (χ1) is 15.8. The number of halogens is 3. The molecule has 0 aliphatic carbocycles. The summed E-state index contributed by atoms with van der Waals surface area (Å²) in [5, 5.41) is 7.36. The van der Waals surface area contributed by atoms with Gasteiger partial charge in [-0.15, -0.1) is 0 Å². The third-order valence-electron chi connectivity index (χ3n) is 5.32. The number of hydrogen-bond acceptors (Lipinski definition) is 4. The molecule has 0 fully saturated rings. The summed E-state index contributed by atoms with van der Waals surface area (Å²) in [4.78, 5) is 8.86. The van der Waals surface area contributed by atoms with Crippen molar-refractivity contribution in [3.8, 4) is 11.8 Å². The Morgan fingerprint density at radius 3 is 2.64 bits per heavy atom. The van der Waals surface area contributed by atoms with Crippen LogP contribution in [-0.2, 0) is 19.1 Å². The Kier molecular flexibility index (Phi) is 6.05. The largest absolute Gasteiger partial charge is 0.416 e. The highest BCUT2D eigenvalue weighted by Gasteiger charge is 2.33. The molecule has 8 heteroatoms. The first kappa shape index (κ1) is 22.3. The van der Waals surface area contributed by atoms with Crippen LogP contribution in [0.4, 0.5) is 18.9 Å². The molecule has 1 aromatic carbocycles. The summed E-state index contributed by atoms with van der Waals surface area (Å²) in [6.07, 6.45) is -0.697. The fraction of sp³-hybridized carbons (Fsp3) is 0.240. The normalized spacial score (nSPS) is 11.3. The van der Waals surface area contributed by atoms with Crippen molar-refractivity contribution in [1.29, 1.82) is 0 Å². The van der Waals surface area contributed by atoms with E-state index in [9.17, 15) is 13.2 Å². The topological polar surface area (TPSA) is 55.1 Å². The highest BCUT2D eigenvalue weighted by molar-refractivity contribution is 5.52. The molecule has 4 rings (SSSR count). The van der Waals surface area contributed by atoms with Crippen LogP contribution in [0.5, 0.6) is 0 Å². The number of alkyl halides is 3. The third kappa shape index (κ3) is 4.82. The third-order valence-corrected chi connectivity index (χ3v) is 5.32. The van der Waals surface area contributed by atoms with Crippen molar-refractivity contribution in [2.24, 2.45) is 0 Å². The summed E-state index contributed by atoms with van der Waals surface area (Å²) in [7, 11) is 0. The van der Waals surface area contributed by atoms with E-state index in [4.69, 9.17) is 0 Å². The van der Waals surface area contributed by atoms with Crippen molar-refractivity contribution in [2.45, 2.75) is 39.9 Å². The Morgan fingerprint density at radius 2 is 1.88 bits per heavy atom. The van der Waals surface area contributed by atoms with Gasteiger partial charge in [-0.2, -0.15) is 18.3 Å². The number of pyridine rings is 1. The molecule has 0 amide bonds. The zero-order valence-electron chi connectivity index (χ0n) is 18.5. The first-order valence-electron chi connectivity index (χ1n) is 10.5. The zero-order chi connectivity index (χ0) is 23.6. The highest BCUT2D eigenvalue weighted by Crippen LogP contribution is 2.34. The summed E-state index contributed by atoms with van der Waals surface area (Å²) in [6.45, 7) is 5.77. The zero-order valence-corrected chi connectivity index (χ0v) is 18.5. The van der Waals surface area contributed by atoms with Gasteiger partial charge in [0.1, 0.15) is 5.69 Å². The number of anilines is 1. The van der Waals surface area contributed by atoms with E-state index >= 15 is 0 Å². The van der Waals surface area contributed by atoms with Crippen LogP contribution in [0.3, 0.4) is 0 Å². The lowest BCUT2D eigenvalue weighted by Crippen LogP contribution is -2.10. The molecule has 3 heterocycles. The van der Waals surface area contributed by atoms with Crippen molar-refractivity contribution in [1.82, 2.24) is 19.6 Å². The molecule has 0 radical (unpaired) electrons. The first-order valence-corrected chi connectivity index (χ1v) is 10.5. The van der Waals surface area contributed by atoms with E-state index in [2.05, 4.69) is 32.2 Å². The predicted molar refractivity (Wildman–Crippen MR) is 121 cm³/mol. The summed E-state index contributed by atoms with van der Waals surface area (Å²) < 4.78 is 41.7. The van der Waals surface area contributed by atoms with Gasteiger partial charge in [-0.1, -0.05) is 18.9 Å². The van der Waals surface area contributed by atoms with E-state index < -0.39 is 11.7 Å². The Morgan fingerprint density at radius 1 is 1.06 bits per heavy atom. The van der Waals surface area contributed by atoms with Crippen LogP contribution in [0.25, 0.3) is 5.65 Å². The van der Waals surface area contributed by atoms with Crippen molar-refractivity contribution in [3.05, 3.63) is 88.1 Å². The number of aryl methyl sites for hydroxylation is 3. The minimum atomic E-state index is -4.39. The number of fused-ring (bicyclic) bond motifs is 1. The molecule has 4 aromatic rings. The van der Waals surface area contributed by atoms with E-state index in [1.165, 1.54) is 6.07 Å². The molecule has 0 spiro atoms. The quantitative estimate of drug-likeness (QED) is 0.428.